The van der Waals surface area contributed by atoms with Gasteiger partial charge in [0, 0.05) is 66.1 Å². The molecule has 1 fully saturated rings. The van der Waals surface area contributed by atoms with Crippen LogP contribution in [0.4, 0.5) is 0 Å². The molecule has 1 aliphatic heterocycles. The molecule has 0 radical (unpaired) electrons. The normalized spacial score (nSPS) is 20.5. The Kier molecular flexibility index (Phi) is 7.38. The summed E-state index contributed by atoms with van der Waals surface area (Å²) >= 11 is 7.55. The van der Waals surface area contributed by atoms with E-state index in [1.807, 2.05) is 18.2 Å². The fourth-order valence-electron chi connectivity index (χ4n) is 4.94. The third-order valence-corrected chi connectivity index (χ3v) is 8.16. The first-order valence-corrected chi connectivity index (χ1v) is 13.3. The second kappa shape index (κ2) is 10.7. The molecule has 3 aromatic rings. The quantitative estimate of drug-likeness (QED) is 0.445. The summed E-state index contributed by atoms with van der Waals surface area (Å²) in [5.41, 5.74) is 2.38. The fourth-order valence-corrected chi connectivity index (χ4v) is 6.17. The lowest BCUT2D eigenvalue weighted by Crippen LogP contribution is -2.53. The lowest BCUT2D eigenvalue weighted by Gasteiger charge is -2.32. The van der Waals surface area contributed by atoms with Crippen LogP contribution in [0.1, 0.15) is 56.5 Å². The molecule has 186 valence electrons. The Labute approximate surface area is 213 Å². The zero-order valence-electron chi connectivity index (χ0n) is 19.7. The van der Waals surface area contributed by atoms with Crippen LogP contribution in [-0.2, 0) is 17.7 Å². The average molecular weight is 516 g/mol. The molecule has 3 heterocycles. The molecule has 0 saturated heterocycles. The maximum Gasteiger partial charge on any atom is 0.280 e. The van der Waals surface area contributed by atoms with E-state index in [2.05, 4.69) is 25.5 Å². The number of nitrogens with one attached hydrogen (secondary N) is 3. The number of hydrogen-bond acceptors (Lipinski definition) is 6. The van der Waals surface area contributed by atoms with Crippen molar-refractivity contribution in [2.45, 2.75) is 50.7 Å². The minimum atomic E-state index is -0.177. The molecule has 2 amide bonds. The number of methoxy groups -OCH3 is 1. The lowest BCUT2D eigenvalue weighted by atomic mass is 9.90. The van der Waals surface area contributed by atoms with Gasteiger partial charge in [-0.25, -0.2) is 4.98 Å². The summed E-state index contributed by atoms with van der Waals surface area (Å²) < 4.78 is 5.19. The molecule has 2 aromatic heterocycles. The number of thiazole rings is 1. The van der Waals surface area contributed by atoms with Crippen molar-refractivity contribution < 1.29 is 14.3 Å². The summed E-state index contributed by atoms with van der Waals surface area (Å²) in [4.78, 5) is 37.4. The van der Waals surface area contributed by atoms with Crippen molar-refractivity contribution in [1.82, 2.24) is 25.5 Å². The molecule has 0 spiro atoms. The van der Waals surface area contributed by atoms with Crippen molar-refractivity contribution in [3.8, 4) is 0 Å². The highest BCUT2D eigenvalue weighted by molar-refractivity contribution is 7.13. The highest BCUT2D eigenvalue weighted by Crippen LogP contribution is 2.26. The van der Waals surface area contributed by atoms with Gasteiger partial charge in [0.05, 0.1) is 12.3 Å². The highest BCUT2D eigenvalue weighted by Gasteiger charge is 2.30. The van der Waals surface area contributed by atoms with E-state index in [-0.39, 0.29) is 23.9 Å². The fraction of sp³-hybridized carbons (Fsp3) is 0.480. The molecule has 2 atom stereocenters. The van der Waals surface area contributed by atoms with Crippen LogP contribution in [0.2, 0.25) is 5.02 Å². The standard InChI is InChI=1S/C25H30ClN5O3S/c1-34-11-10-31-9-8-20-22(14-31)35-25(30-20)24(33)29-19-5-3-2-4-18(19)28-23(32)21-13-15-12-16(26)6-7-17(15)27-21/h6-7,12-13,18-19,27H,2-5,8-11,14H2,1H3,(H,28,32)(H,29,33)/t18-,19+/m0/s1. The van der Waals surface area contributed by atoms with E-state index in [0.717, 1.165) is 73.2 Å². The Morgan fingerprint density at radius 2 is 1.97 bits per heavy atom. The highest BCUT2D eigenvalue weighted by atomic mass is 35.5. The molecule has 3 N–H and O–H groups in total. The summed E-state index contributed by atoms with van der Waals surface area (Å²) in [7, 11) is 1.71. The van der Waals surface area contributed by atoms with E-state index in [1.54, 1.807) is 13.2 Å². The Bertz CT molecular complexity index is 1230. The number of halogens is 1. The van der Waals surface area contributed by atoms with Crippen molar-refractivity contribution in [3.63, 3.8) is 0 Å². The predicted molar refractivity (Wildman–Crippen MR) is 137 cm³/mol. The molecule has 1 saturated carbocycles. The van der Waals surface area contributed by atoms with Crippen LogP contribution < -0.4 is 10.6 Å². The van der Waals surface area contributed by atoms with Gasteiger partial charge in [-0.15, -0.1) is 11.3 Å². The molecule has 1 aliphatic carbocycles. The molecule has 10 heteroatoms. The zero-order chi connectivity index (χ0) is 24.4. The summed E-state index contributed by atoms with van der Waals surface area (Å²) in [6, 6.07) is 7.04. The monoisotopic (exact) mass is 515 g/mol. The van der Waals surface area contributed by atoms with Crippen molar-refractivity contribution in [1.29, 1.82) is 0 Å². The van der Waals surface area contributed by atoms with Gasteiger partial charge in [-0.1, -0.05) is 24.4 Å². The maximum atomic E-state index is 13.1. The third kappa shape index (κ3) is 5.53. The topological polar surface area (TPSA) is 99.3 Å². The van der Waals surface area contributed by atoms with Gasteiger partial charge in [-0.05, 0) is 37.1 Å². The van der Waals surface area contributed by atoms with Gasteiger partial charge in [-0.2, -0.15) is 0 Å². The largest absolute Gasteiger partial charge is 0.383 e. The molecule has 5 rings (SSSR count). The van der Waals surface area contributed by atoms with Gasteiger partial charge in [0.25, 0.3) is 11.8 Å². The molecule has 0 unspecified atom stereocenters. The van der Waals surface area contributed by atoms with Gasteiger partial charge >= 0.3 is 0 Å². The van der Waals surface area contributed by atoms with E-state index in [9.17, 15) is 9.59 Å². The van der Waals surface area contributed by atoms with Crippen LogP contribution in [-0.4, -0.2) is 65.6 Å². The maximum absolute atomic E-state index is 13.1. The second-order valence-electron chi connectivity index (χ2n) is 9.27. The number of hydrogen-bond donors (Lipinski definition) is 3. The Hall–Kier alpha value is -2.46. The van der Waals surface area contributed by atoms with Crippen LogP contribution in [0, 0.1) is 0 Å². The number of nitrogens with zero attached hydrogens (tertiary/aromatic N) is 2. The molecule has 35 heavy (non-hydrogen) atoms. The van der Waals surface area contributed by atoms with E-state index in [1.165, 1.54) is 11.3 Å². The van der Waals surface area contributed by atoms with Crippen molar-refractivity contribution in [2.75, 3.05) is 26.8 Å². The van der Waals surface area contributed by atoms with Crippen LogP contribution >= 0.6 is 22.9 Å². The Morgan fingerprint density at radius 1 is 1.20 bits per heavy atom. The van der Waals surface area contributed by atoms with Crippen molar-refractivity contribution >= 4 is 45.7 Å². The van der Waals surface area contributed by atoms with Crippen molar-refractivity contribution in [2.24, 2.45) is 0 Å². The van der Waals surface area contributed by atoms with Crippen LogP contribution in [0.3, 0.4) is 0 Å². The first kappa shape index (κ1) is 24.2. The molecule has 0 bridgehead atoms. The summed E-state index contributed by atoms with van der Waals surface area (Å²) in [5.74, 6) is -0.330. The van der Waals surface area contributed by atoms with E-state index < -0.39 is 0 Å². The van der Waals surface area contributed by atoms with Crippen LogP contribution in [0.5, 0.6) is 0 Å². The first-order valence-electron chi connectivity index (χ1n) is 12.1. The smallest absolute Gasteiger partial charge is 0.280 e. The average Bonchev–Trinajstić information content (AvgIpc) is 3.47. The SMILES string of the molecule is COCCN1CCc2nc(C(=O)N[C@@H]3CCCC[C@@H]3NC(=O)c3cc4cc(Cl)ccc4[nH]3)sc2C1. The summed E-state index contributed by atoms with van der Waals surface area (Å²) in [6.07, 6.45) is 4.54. The second-order valence-corrected chi connectivity index (χ2v) is 10.8. The third-order valence-electron chi connectivity index (χ3n) is 6.84. The van der Waals surface area contributed by atoms with E-state index in [0.29, 0.717) is 22.3 Å². The first-order chi connectivity index (χ1) is 17.0. The molecular weight excluding hydrogens is 486 g/mol. The number of ether oxygens (including phenoxy) is 1. The van der Waals surface area contributed by atoms with Gasteiger partial charge in [0.2, 0.25) is 0 Å². The number of aromatic nitrogens is 2. The number of fused-ring (bicyclic) bond motifs is 2. The Balaban J connectivity index is 1.23. The number of carbonyl (C=O) groups is 2. The molecule has 1 aromatic carbocycles. The molecule has 8 nitrogen and oxygen atoms in total. The van der Waals surface area contributed by atoms with Gasteiger partial charge in [0.1, 0.15) is 5.69 Å². The number of aromatic amines is 1. The molecule has 2 aliphatic rings. The number of carbonyl (C=O) groups excluding carboxylic acids is 2. The van der Waals surface area contributed by atoms with Gasteiger partial charge < -0.3 is 20.4 Å². The van der Waals surface area contributed by atoms with E-state index in [4.69, 9.17) is 16.3 Å². The summed E-state index contributed by atoms with van der Waals surface area (Å²) in [6.45, 7) is 3.31. The lowest BCUT2D eigenvalue weighted by molar-refractivity contribution is 0.0860. The predicted octanol–water partition coefficient (Wildman–Crippen LogP) is 3.75. The van der Waals surface area contributed by atoms with Crippen molar-refractivity contribution in [3.05, 3.63) is 50.6 Å². The zero-order valence-corrected chi connectivity index (χ0v) is 21.3. The van der Waals surface area contributed by atoms with Gasteiger partial charge in [-0.3, -0.25) is 14.5 Å². The number of benzene rings is 1. The van der Waals surface area contributed by atoms with Gasteiger partial charge in [0.15, 0.2) is 5.01 Å². The Morgan fingerprint density at radius 3 is 2.74 bits per heavy atom. The van der Waals surface area contributed by atoms with Crippen LogP contribution in [0.15, 0.2) is 24.3 Å². The minimum Gasteiger partial charge on any atom is -0.383 e. The number of rotatable bonds is 7. The number of amides is 2. The minimum absolute atomic E-state index is 0.127. The summed E-state index contributed by atoms with van der Waals surface area (Å²) in [5, 5.41) is 8.33. The number of H-pyrrole nitrogens is 1. The van der Waals surface area contributed by atoms with E-state index >= 15 is 0 Å². The molecular formula is C25H30ClN5O3S. The van der Waals surface area contributed by atoms with Crippen LogP contribution in [0.25, 0.3) is 10.9 Å².